The van der Waals surface area contributed by atoms with Gasteiger partial charge in [-0.3, -0.25) is 0 Å². The summed E-state index contributed by atoms with van der Waals surface area (Å²) in [6, 6.07) is 1.92. The number of halogens is 2. The summed E-state index contributed by atoms with van der Waals surface area (Å²) in [6.07, 6.45) is 2.70. The Bertz CT molecular complexity index is 514. The van der Waals surface area contributed by atoms with E-state index in [-0.39, 0.29) is 11.6 Å². The zero-order valence-electron chi connectivity index (χ0n) is 13.1. The Morgan fingerprint density at radius 3 is 2.55 bits per heavy atom. The number of ether oxygens (including phenoxy) is 1. The van der Waals surface area contributed by atoms with Gasteiger partial charge in [-0.2, -0.15) is 0 Å². The fourth-order valence-electron chi connectivity index (χ4n) is 2.37. The van der Waals surface area contributed by atoms with Gasteiger partial charge in [0.05, 0.1) is 16.6 Å². The molecule has 0 spiro atoms. The monoisotopic (exact) mass is 436 g/mol. The summed E-state index contributed by atoms with van der Waals surface area (Å²) < 4.78 is 12.5. The molecule has 0 saturated heterocycles. The van der Waals surface area contributed by atoms with Crippen molar-refractivity contribution < 1.29 is 13.9 Å². The Hall–Kier alpha value is -0.530. The second kappa shape index (κ2) is 6.93. The van der Waals surface area contributed by atoms with Crippen molar-refractivity contribution in [2.24, 2.45) is 0 Å². The van der Waals surface area contributed by atoms with Gasteiger partial charge in [-0.05, 0) is 78.0 Å². The van der Waals surface area contributed by atoms with Gasteiger partial charge in [0.15, 0.2) is 4.67 Å². The lowest BCUT2D eigenvalue weighted by molar-refractivity contribution is 0.0382. The number of nitrogens with one attached hydrogen (secondary N) is 2. The van der Waals surface area contributed by atoms with Crippen LogP contribution in [-0.4, -0.2) is 23.8 Å². The summed E-state index contributed by atoms with van der Waals surface area (Å²) in [5.74, 6) is 0.838. The van der Waals surface area contributed by atoms with E-state index in [1.807, 2.05) is 26.8 Å². The molecule has 1 aliphatic carbocycles. The average molecular weight is 438 g/mol. The van der Waals surface area contributed by atoms with E-state index in [2.05, 4.69) is 42.5 Å². The molecule has 0 unspecified atom stereocenters. The highest BCUT2D eigenvalue weighted by Crippen LogP contribution is 2.32. The summed E-state index contributed by atoms with van der Waals surface area (Å²) in [4.78, 5) is 12.0. The smallest absolute Gasteiger partial charge is 0.408 e. The van der Waals surface area contributed by atoms with Crippen LogP contribution in [0.15, 0.2) is 19.6 Å². The largest absolute Gasteiger partial charge is 0.452 e. The second-order valence-electron chi connectivity index (χ2n) is 6.70. The van der Waals surface area contributed by atoms with E-state index in [1.54, 1.807) is 0 Å². The van der Waals surface area contributed by atoms with Crippen LogP contribution >= 0.6 is 31.9 Å². The predicted molar refractivity (Wildman–Crippen MR) is 91.8 cm³/mol. The average Bonchev–Trinajstić information content (AvgIpc) is 2.63. The van der Waals surface area contributed by atoms with Crippen LogP contribution in [0, 0.1) is 0 Å². The number of furan rings is 1. The summed E-state index contributed by atoms with van der Waals surface area (Å²) in [5.41, 5.74) is -0.682. The molecule has 2 rings (SSSR count). The van der Waals surface area contributed by atoms with Gasteiger partial charge < -0.3 is 19.8 Å². The Kier molecular flexibility index (Phi) is 5.61. The molecule has 1 aromatic heterocycles. The summed E-state index contributed by atoms with van der Waals surface area (Å²) in [6.45, 7) is 6.91. The molecule has 124 valence electrons. The van der Waals surface area contributed by atoms with Crippen LogP contribution in [0.25, 0.3) is 0 Å². The molecule has 5 nitrogen and oxygen atoms in total. The highest BCUT2D eigenvalue weighted by molar-refractivity contribution is 9.13. The van der Waals surface area contributed by atoms with Crippen molar-refractivity contribution in [2.75, 3.05) is 6.54 Å². The summed E-state index contributed by atoms with van der Waals surface area (Å²) >= 11 is 6.71. The number of hydrogen-bond donors (Lipinski definition) is 2. The SMILES string of the molecule is CC(C)(C)OC(=O)NC1(CNCc2cc(Br)c(Br)o2)CCC1. The lowest BCUT2D eigenvalue weighted by Crippen LogP contribution is -2.59. The number of carbonyl (C=O) groups is 1. The van der Waals surface area contributed by atoms with Crippen molar-refractivity contribution >= 4 is 38.0 Å². The lowest BCUT2D eigenvalue weighted by Gasteiger charge is -2.42. The van der Waals surface area contributed by atoms with Crippen molar-refractivity contribution in [3.05, 3.63) is 21.0 Å². The third-order valence-corrected chi connectivity index (χ3v) is 5.25. The standard InChI is InChI=1S/C15H22Br2N2O3/c1-14(2,3)22-13(20)19-15(5-4-6-15)9-18-8-10-7-11(16)12(17)21-10/h7,18H,4-6,8-9H2,1-3H3,(H,19,20). The molecule has 0 bridgehead atoms. The highest BCUT2D eigenvalue weighted by atomic mass is 79.9. The van der Waals surface area contributed by atoms with Gasteiger partial charge in [0.1, 0.15) is 11.4 Å². The first-order valence-electron chi connectivity index (χ1n) is 7.35. The fraction of sp³-hybridized carbons (Fsp3) is 0.667. The van der Waals surface area contributed by atoms with E-state index in [9.17, 15) is 4.79 Å². The molecule has 0 aromatic carbocycles. The Labute approximate surface area is 147 Å². The Morgan fingerprint density at radius 1 is 1.41 bits per heavy atom. The third-order valence-electron chi connectivity index (χ3n) is 3.54. The quantitative estimate of drug-likeness (QED) is 0.718. The summed E-state index contributed by atoms with van der Waals surface area (Å²) in [7, 11) is 0. The van der Waals surface area contributed by atoms with Gasteiger partial charge in [0.2, 0.25) is 0 Å². The zero-order valence-corrected chi connectivity index (χ0v) is 16.3. The number of rotatable bonds is 5. The number of carbonyl (C=O) groups excluding carboxylic acids is 1. The minimum Gasteiger partial charge on any atom is -0.452 e. The first-order valence-corrected chi connectivity index (χ1v) is 8.93. The maximum Gasteiger partial charge on any atom is 0.408 e. The second-order valence-corrected chi connectivity index (χ2v) is 8.27. The molecule has 1 aromatic rings. The lowest BCUT2D eigenvalue weighted by atomic mass is 9.76. The maximum atomic E-state index is 12.0. The van der Waals surface area contributed by atoms with Crippen molar-refractivity contribution in [3.63, 3.8) is 0 Å². The van der Waals surface area contributed by atoms with E-state index in [1.165, 1.54) is 0 Å². The molecule has 0 radical (unpaired) electrons. The zero-order chi connectivity index (χ0) is 16.4. The molecule has 1 aliphatic rings. The maximum absolute atomic E-state index is 12.0. The molecule has 1 heterocycles. The molecule has 0 atom stereocenters. The molecule has 7 heteroatoms. The summed E-state index contributed by atoms with van der Waals surface area (Å²) in [5, 5.41) is 6.36. The predicted octanol–water partition coefficient (Wildman–Crippen LogP) is 4.34. The molecule has 1 saturated carbocycles. The molecule has 1 fully saturated rings. The van der Waals surface area contributed by atoms with Crippen LogP contribution in [0.5, 0.6) is 0 Å². The van der Waals surface area contributed by atoms with Crippen LogP contribution < -0.4 is 10.6 Å². The number of amides is 1. The van der Waals surface area contributed by atoms with Crippen molar-refractivity contribution in [2.45, 2.75) is 57.7 Å². The van der Waals surface area contributed by atoms with Gasteiger partial charge in [0, 0.05) is 6.54 Å². The van der Waals surface area contributed by atoms with Crippen molar-refractivity contribution in [1.29, 1.82) is 0 Å². The van der Waals surface area contributed by atoms with Crippen LogP contribution in [0.2, 0.25) is 0 Å². The normalized spacial score (nSPS) is 17.0. The molecule has 22 heavy (non-hydrogen) atoms. The van der Waals surface area contributed by atoms with E-state index < -0.39 is 5.60 Å². The molecule has 2 N–H and O–H groups in total. The molecule has 1 amide bonds. The first-order chi connectivity index (χ1) is 10.2. The van der Waals surface area contributed by atoms with Crippen LogP contribution in [0.1, 0.15) is 45.8 Å². The van der Waals surface area contributed by atoms with Crippen LogP contribution in [0.3, 0.4) is 0 Å². The number of hydrogen-bond acceptors (Lipinski definition) is 4. The number of alkyl carbamates (subject to hydrolysis) is 1. The molecular formula is C15H22Br2N2O3. The topological polar surface area (TPSA) is 63.5 Å². The van der Waals surface area contributed by atoms with E-state index >= 15 is 0 Å². The third kappa shape index (κ3) is 4.99. The van der Waals surface area contributed by atoms with Gasteiger partial charge >= 0.3 is 6.09 Å². The van der Waals surface area contributed by atoms with E-state index in [0.29, 0.717) is 17.8 Å². The van der Waals surface area contributed by atoms with Crippen molar-refractivity contribution in [1.82, 2.24) is 10.6 Å². The van der Waals surface area contributed by atoms with Gasteiger partial charge in [-0.25, -0.2) is 4.79 Å². The van der Waals surface area contributed by atoms with Crippen LogP contribution in [-0.2, 0) is 11.3 Å². The fourth-order valence-corrected chi connectivity index (χ4v) is 3.03. The highest BCUT2D eigenvalue weighted by Gasteiger charge is 2.39. The van der Waals surface area contributed by atoms with Gasteiger partial charge in [-0.15, -0.1) is 0 Å². The minimum atomic E-state index is -0.477. The van der Waals surface area contributed by atoms with Gasteiger partial charge in [-0.1, -0.05) is 0 Å². The van der Waals surface area contributed by atoms with Gasteiger partial charge in [0.25, 0.3) is 0 Å². The Balaban J connectivity index is 1.82. The van der Waals surface area contributed by atoms with E-state index in [4.69, 9.17) is 9.15 Å². The minimum absolute atomic E-state index is 0.205. The Morgan fingerprint density at radius 2 is 2.09 bits per heavy atom. The van der Waals surface area contributed by atoms with Crippen molar-refractivity contribution in [3.8, 4) is 0 Å². The van der Waals surface area contributed by atoms with Crippen LogP contribution in [0.4, 0.5) is 4.79 Å². The molecular weight excluding hydrogens is 416 g/mol. The first kappa shape index (κ1) is 17.8. The molecule has 0 aliphatic heterocycles. The van der Waals surface area contributed by atoms with E-state index in [0.717, 1.165) is 29.5 Å².